The number of rotatable bonds is 3. The molecule has 5 heteroatoms. The molecule has 90 valence electrons. The minimum Gasteiger partial charge on any atom is -0.323 e. The number of nitrogens with two attached hydrogens (primary N) is 1. The second kappa shape index (κ2) is 5.61. The Balaban J connectivity index is 2.15. The molecule has 0 saturated heterocycles. The normalized spacial score (nSPS) is 12.7. The molecule has 0 spiro atoms. The summed E-state index contributed by atoms with van der Waals surface area (Å²) in [5.74, 6) is -0.242. The summed E-state index contributed by atoms with van der Waals surface area (Å²) < 4.78 is 15.0. The van der Waals surface area contributed by atoms with Crippen molar-refractivity contribution in [1.29, 1.82) is 0 Å². The Morgan fingerprint density at radius 2 is 1.94 bits per heavy atom. The van der Waals surface area contributed by atoms with Gasteiger partial charge in [0.25, 0.3) is 0 Å². The highest BCUT2D eigenvalue weighted by Gasteiger charge is 2.10. The molecule has 1 aromatic carbocycles. The largest absolute Gasteiger partial charge is 0.323 e. The molecule has 0 bridgehead atoms. The van der Waals surface area contributed by atoms with Crippen LogP contribution in [0.3, 0.4) is 0 Å². The Morgan fingerprint density at radius 1 is 1.18 bits per heavy atom. The van der Waals surface area contributed by atoms with Gasteiger partial charge in [-0.2, -0.15) is 0 Å². The predicted molar refractivity (Wildman–Crippen MR) is 76.8 cm³/mol. The van der Waals surface area contributed by atoms with Gasteiger partial charge in [-0.05, 0) is 52.2 Å². The third kappa shape index (κ3) is 3.61. The van der Waals surface area contributed by atoms with Crippen LogP contribution < -0.4 is 5.73 Å². The van der Waals surface area contributed by atoms with Crippen molar-refractivity contribution in [3.05, 3.63) is 54.8 Å². The van der Waals surface area contributed by atoms with Crippen LogP contribution in [0, 0.1) is 5.82 Å². The maximum atomic E-state index is 13.2. The molecule has 17 heavy (non-hydrogen) atoms. The van der Waals surface area contributed by atoms with E-state index in [9.17, 15) is 4.39 Å². The van der Waals surface area contributed by atoms with E-state index in [-0.39, 0.29) is 11.9 Å². The molecule has 1 aromatic heterocycles. The van der Waals surface area contributed by atoms with Gasteiger partial charge >= 0.3 is 0 Å². The van der Waals surface area contributed by atoms with E-state index in [1.165, 1.54) is 12.1 Å². The molecule has 0 aliphatic rings. The number of thiophene rings is 1. The second-order valence-corrected chi connectivity index (χ2v) is 6.53. The summed E-state index contributed by atoms with van der Waals surface area (Å²) in [6, 6.07) is 6.76. The molecule has 0 fully saturated rings. The van der Waals surface area contributed by atoms with Crippen molar-refractivity contribution >= 4 is 43.2 Å². The van der Waals surface area contributed by atoms with E-state index in [0.29, 0.717) is 6.42 Å². The van der Waals surface area contributed by atoms with E-state index in [1.807, 2.05) is 17.5 Å². The molecule has 0 aliphatic heterocycles. The zero-order valence-electron chi connectivity index (χ0n) is 8.79. The molecule has 2 rings (SSSR count). The van der Waals surface area contributed by atoms with Gasteiger partial charge in [0.15, 0.2) is 0 Å². The van der Waals surface area contributed by atoms with Crippen molar-refractivity contribution in [2.75, 3.05) is 0 Å². The van der Waals surface area contributed by atoms with E-state index >= 15 is 0 Å². The summed E-state index contributed by atoms with van der Waals surface area (Å²) in [7, 11) is 0. The molecule has 0 saturated carbocycles. The van der Waals surface area contributed by atoms with Crippen LogP contribution in [0.15, 0.2) is 38.6 Å². The highest BCUT2D eigenvalue weighted by molar-refractivity contribution is 9.10. The average molecular weight is 379 g/mol. The summed E-state index contributed by atoms with van der Waals surface area (Å²) >= 11 is 8.28. The Morgan fingerprint density at radius 3 is 2.53 bits per heavy atom. The van der Waals surface area contributed by atoms with E-state index in [0.717, 1.165) is 19.4 Å². The molecule has 1 atom stereocenters. The van der Waals surface area contributed by atoms with Crippen molar-refractivity contribution in [3.63, 3.8) is 0 Å². The van der Waals surface area contributed by atoms with Crippen molar-refractivity contribution in [2.24, 2.45) is 5.73 Å². The average Bonchev–Trinajstić information content (AvgIpc) is 2.63. The van der Waals surface area contributed by atoms with Gasteiger partial charge in [0.1, 0.15) is 5.82 Å². The summed E-state index contributed by atoms with van der Waals surface area (Å²) in [6.07, 6.45) is 0.628. The molecule has 0 radical (unpaired) electrons. The van der Waals surface area contributed by atoms with Crippen LogP contribution in [0.25, 0.3) is 0 Å². The molecule has 1 nitrogen and oxygen atoms in total. The van der Waals surface area contributed by atoms with Crippen LogP contribution in [-0.2, 0) is 6.42 Å². The van der Waals surface area contributed by atoms with Crippen molar-refractivity contribution in [3.8, 4) is 0 Å². The molecule has 0 aliphatic carbocycles. The summed E-state index contributed by atoms with van der Waals surface area (Å²) in [5.41, 5.74) is 6.99. The van der Waals surface area contributed by atoms with Gasteiger partial charge in [-0.25, -0.2) is 4.39 Å². The molecule has 0 amide bonds. The lowest BCUT2D eigenvalue weighted by Crippen LogP contribution is -2.11. The highest BCUT2D eigenvalue weighted by atomic mass is 79.9. The van der Waals surface area contributed by atoms with Crippen molar-refractivity contribution < 1.29 is 4.39 Å². The van der Waals surface area contributed by atoms with Crippen LogP contribution in [0.5, 0.6) is 0 Å². The highest BCUT2D eigenvalue weighted by Crippen LogP contribution is 2.27. The third-order valence-corrected chi connectivity index (χ3v) is 4.61. The van der Waals surface area contributed by atoms with Gasteiger partial charge in [-0.1, -0.05) is 15.9 Å². The number of benzene rings is 1. The molecule has 2 N–H and O–H groups in total. The van der Waals surface area contributed by atoms with Gasteiger partial charge in [-0.15, -0.1) is 11.3 Å². The van der Waals surface area contributed by atoms with Gasteiger partial charge < -0.3 is 5.73 Å². The zero-order valence-corrected chi connectivity index (χ0v) is 12.8. The third-order valence-electron chi connectivity index (χ3n) is 2.33. The van der Waals surface area contributed by atoms with Gasteiger partial charge in [0.05, 0.1) is 0 Å². The molecule has 1 unspecified atom stereocenters. The number of hydrogen-bond donors (Lipinski definition) is 1. The predicted octanol–water partition coefficient (Wildman–Crippen LogP) is 4.65. The summed E-state index contributed by atoms with van der Waals surface area (Å²) in [4.78, 5) is 1.09. The van der Waals surface area contributed by atoms with Crippen LogP contribution in [0.4, 0.5) is 4.39 Å². The lowest BCUT2D eigenvalue weighted by atomic mass is 10.1. The Labute approximate surface area is 120 Å². The lowest BCUT2D eigenvalue weighted by molar-refractivity contribution is 0.621. The molecule has 2 aromatic rings. The van der Waals surface area contributed by atoms with E-state index < -0.39 is 0 Å². The minimum absolute atomic E-state index is 0.0972. The van der Waals surface area contributed by atoms with Crippen LogP contribution in [0.1, 0.15) is 16.5 Å². The Hall–Kier alpha value is -0.230. The Bertz CT molecular complexity index is 507. The molecule has 1 heterocycles. The first-order chi connectivity index (χ1) is 8.04. The van der Waals surface area contributed by atoms with Crippen LogP contribution in [0.2, 0.25) is 0 Å². The van der Waals surface area contributed by atoms with E-state index in [4.69, 9.17) is 5.73 Å². The maximum Gasteiger partial charge on any atom is 0.124 e. The quantitative estimate of drug-likeness (QED) is 0.826. The van der Waals surface area contributed by atoms with Gasteiger partial charge in [-0.3, -0.25) is 0 Å². The first kappa shape index (κ1) is 13.2. The fourth-order valence-corrected chi connectivity index (χ4v) is 3.57. The fraction of sp³-hybridized carbons (Fsp3) is 0.167. The summed E-state index contributed by atoms with van der Waals surface area (Å²) in [6.45, 7) is 0. The van der Waals surface area contributed by atoms with Crippen molar-refractivity contribution in [1.82, 2.24) is 0 Å². The first-order valence-electron chi connectivity index (χ1n) is 4.99. The van der Waals surface area contributed by atoms with E-state index in [1.54, 1.807) is 11.3 Å². The minimum atomic E-state index is -0.242. The first-order valence-corrected chi connectivity index (χ1v) is 7.45. The number of halogens is 3. The Kier molecular flexibility index (Phi) is 4.36. The van der Waals surface area contributed by atoms with Crippen LogP contribution in [-0.4, -0.2) is 0 Å². The van der Waals surface area contributed by atoms with Gasteiger partial charge in [0, 0.05) is 25.2 Å². The lowest BCUT2D eigenvalue weighted by Gasteiger charge is -2.10. The maximum absolute atomic E-state index is 13.2. The smallest absolute Gasteiger partial charge is 0.124 e. The summed E-state index contributed by atoms with van der Waals surface area (Å²) in [5, 5.41) is 2.00. The molecular formula is C12H10Br2FNS. The number of hydrogen-bond acceptors (Lipinski definition) is 2. The monoisotopic (exact) mass is 377 g/mol. The van der Waals surface area contributed by atoms with E-state index in [2.05, 4.69) is 31.9 Å². The standard InChI is InChI=1S/C12H10Br2FNS/c13-8-1-7(2-10(15)4-8)3-11(16)12-5-9(14)6-17-12/h1-2,4-6,11H,3,16H2. The SMILES string of the molecule is NC(Cc1cc(F)cc(Br)c1)c1cc(Br)cs1. The second-order valence-electron chi connectivity index (χ2n) is 3.76. The fourth-order valence-electron chi connectivity index (χ4n) is 1.61. The van der Waals surface area contributed by atoms with Gasteiger partial charge in [0.2, 0.25) is 0 Å². The van der Waals surface area contributed by atoms with Crippen molar-refractivity contribution in [2.45, 2.75) is 12.5 Å². The molecular weight excluding hydrogens is 369 g/mol. The zero-order chi connectivity index (χ0) is 12.4. The van der Waals surface area contributed by atoms with Crippen LogP contribution >= 0.6 is 43.2 Å². The topological polar surface area (TPSA) is 26.0 Å².